The Labute approximate surface area is 106 Å². The molecule has 1 aromatic carbocycles. The number of aliphatic hydroxyl groups is 1. The Hall–Kier alpha value is -1.62. The fourth-order valence-electron chi connectivity index (χ4n) is 1.20. The summed E-state index contributed by atoms with van der Waals surface area (Å²) in [4.78, 5) is 11.3. The number of halogens is 1. The number of alkyl carbamates (subject to hydrolysis) is 1. The highest BCUT2D eigenvalue weighted by Crippen LogP contribution is 2.11. The molecule has 0 spiro atoms. The number of rotatable bonds is 5. The number of carbonyl (C=O) groups excluding carboxylic acids is 1. The molecule has 0 heterocycles. The number of hydrogen-bond donors (Lipinski definition) is 2. The van der Waals surface area contributed by atoms with Crippen LogP contribution in [0.5, 0.6) is 0 Å². The molecule has 1 rings (SSSR count). The summed E-state index contributed by atoms with van der Waals surface area (Å²) < 4.78 is 18.2. The number of ether oxygens (including phenoxy) is 1. The van der Waals surface area contributed by atoms with Crippen LogP contribution in [0.15, 0.2) is 30.3 Å². The van der Waals surface area contributed by atoms with Gasteiger partial charge >= 0.3 is 6.09 Å². The zero-order valence-corrected chi connectivity index (χ0v) is 10.5. The van der Waals surface area contributed by atoms with E-state index in [-0.39, 0.29) is 13.2 Å². The van der Waals surface area contributed by atoms with Gasteiger partial charge in [0, 0.05) is 0 Å². The lowest BCUT2D eigenvalue weighted by molar-refractivity contribution is -0.00233. The standard InChI is InChI=1S/C13H18FNO3/c1-13(2,17)11(14)8-15-12(16)18-9-10-6-4-3-5-7-10/h3-7,11,17H,8-9H2,1-2H3,(H,15,16)/t11-/m1/s1. The van der Waals surface area contributed by atoms with Crippen LogP contribution in [0.4, 0.5) is 9.18 Å². The van der Waals surface area contributed by atoms with Gasteiger partial charge in [-0.15, -0.1) is 0 Å². The van der Waals surface area contributed by atoms with E-state index in [9.17, 15) is 14.3 Å². The maximum Gasteiger partial charge on any atom is 0.407 e. The van der Waals surface area contributed by atoms with Crippen LogP contribution in [0.1, 0.15) is 19.4 Å². The Morgan fingerprint density at radius 3 is 2.61 bits per heavy atom. The van der Waals surface area contributed by atoms with E-state index in [0.717, 1.165) is 5.56 Å². The second-order valence-corrected chi connectivity index (χ2v) is 4.56. The molecule has 0 saturated carbocycles. The van der Waals surface area contributed by atoms with Crippen molar-refractivity contribution in [1.29, 1.82) is 0 Å². The van der Waals surface area contributed by atoms with Crippen LogP contribution in [0, 0.1) is 0 Å². The van der Waals surface area contributed by atoms with E-state index >= 15 is 0 Å². The van der Waals surface area contributed by atoms with Gasteiger partial charge < -0.3 is 15.2 Å². The Balaban J connectivity index is 2.27. The molecule has 1 aromatic rings. The SMILES string of the molecule is CC(C)(O)[C@H](F)CNC(=O)OCc1ccccc1. The highest BCUT2D eigenvalue weighted by atomic mass is 19.1. The van der Waals surface area contributed by atoms with Gasteiger partial charge in [0.25, 0.3) is 0 Å². The molecule has 0 saturated heterocycles. The molecule has 18 heavy (non-hydrogen) atoms. The third kappa shape index (κ3) is 5.14. The van der Waals surface area contributed by atoms with Crippen molar-refractivity contribution in [1.82, 2.24) is 5.32 Å². The molecule has 100 valence electrons. The maximum absolute atomic E-state index is 13.3. The number of alkyl halides is 1. The van der Waals surface area contributed by atoms with E-state index in [4.69, 9.17) is 4.74 Å². The Morgan fingerprint density at radius 2 is 2.06 bits per heavy atom. The van der Waals surface area contributed by atoms with E-state index in [1.807, 2.05) is 30.3 Å². The summed E-state index contributed by atoms with van der Waals surface area (Å²) in [5.41, 5.74) is -0.626. The van der Waals surface area contributed by atoms with Gasteiger partial charge in [-0.25, -0.2) is 9.18 Å². The first-order chi connectivity index (χ1) is 8.39. The lowest BCUT2D eigenvalue weighted by atomic mass is 10.0. The molecule has 0 bridgehead atoms. The van der Waals surface area contributed by atoms with Gasteiger partial charge in [-0.2, -0.15) is 0 Å². The van der Waals surface area contributed by atoms with Crippen molar-refractivity contribution < 1.29 is 19.0 Å². The molecule has 1 atom stereocenters. The predicted molar refractivity (Wildman–Crippen MR) is 65.8 cm³/mol. The highest BCUT2D eigenvalue weighted by molar-refractivity contribution is 5.67. The molecule has 0 fully saturated rings. The number of hydrogen-bond acceptors (Lipinski definition) is 3. The lowest BCUT2D eigenvalue weighted by Crippen LogP contribution is -2.42. The average Bonchev–Trinajstić information content (AvgIpc) is 2.33. The minimum absolute atomic E-state index is 0.131. The average molecular weight is 255 g/mol. The van der Waals surface area contributed by atoms with Gasteiger partial charge in [0.1, 0.15) is 12.8 Å². The molecule has 0 unspecified atom stereocenters. The topological polar surface area (TPSA) is 58.6 Å². The maximum atomic E-state index is 13.3. The van der Waals surface area contributed by atoms with Gasteiger partial charge in [0.15, 0.2) is 0 Å². The van der Waals surface area contributed by atoms with Crippen molar-refractivity contribution in [2.75, 3.05) is 6.54 Å². The van der Waals surface area contributed by atoms with Gasteiger partial charge in [0.05, 0.1) is 12.1 Å². The first kappa shape index (κ1) is 14.4. The minimum atomic E-state index is -1.54. The van der Waals surface area contributed by atoms with E-state index in [1.54, 1.807) is 0 Å². The van der Waals surface area contributed by atoms with Crippen LogP contribution in [0.2, 0.25) is 0 Å². The lowest BCUT2D eigenvalue weighted by Gasteiger charge is -2.22. The molecule has 1 amide bonds. The second-order valence-electron chi connectivity index (χ2n) is 4.56. The Morgan fingerprint density at radius 1 is 1.44 bits per heavy atom. The fraction of sp³-hybridized carbons (Fsp3) is 0.462. The van der Waals surface area contributed by atoms with E-state index < -0.39 is 17.9 Å². The van der Waals surface area contributed by atoms with Crippen molar-refractivity contribution in [2.45, 2.75) is 32.2 Å². The normalized spacial score (nSPS) is 12.9. The zero-order valence-electron chi connectivity index (χ0n) is 10.5. The van der Waals surface area contributed by atoms with Crippen LogP contribution in [-0.2, 0) is 11.3 Å². The quantitative estimate of drug-likeness (QED) is 0.846. The summed E-state index contributed by atoms with van der Waals surface area (Å²) in [7, 11) is 0. The smallest absolute Gasteiger partial charge is 0.407 e. The molecule has 0 aliphatic heterocycles. The van der Waals surface area contributed by atoms with Gasteiger partial charge in [-0.1, -0.05) is 30.3 Å². The van der Waals surface area contributed by atoms with Crippen molar-refractivity contribution in [3.8, 4) is 0 Å². The van der Waals surface area contributed by atoms with Crippen LogP contribution in [0.25, 0.3) is 0 Å². The van der Waals surface area contributed by atoms with Crippen LogP contribution in [-0.4, -0.2) is 29.5 Å². The molecule has 0 aliphatic rings. The van der Waals surface area contributed by atoms with Crippen LogP contribution in [0.3, 0.4) is 0 Å². The summed E-state index contributed by atoms with van der Waals surface area (Å²) in [6.07, 6.45) is -2.24. The van der Waals surface area contributed by atoms with Crippen LogP contribution < -0.4 is 5.32 Å². The van der Waals surface area contributed by atoms with Crippen molar-refractivity contribution in [2.24, 2.45) is 0 Å². The molecule has 0 aliphatic carbocycles. The minimum Gasteiger partial charge on any atom is -0.445 e. The number of carbonyl (C=O) groups is 1. The monoisotopic (exact) mass is 255 g/mol. The molecule has 0 aromatic heterocycles. The second kappa shape index (κ2) is 6.35. The van der Waals surface area contributed by atoms with E-state index in [2.05, 4.69) is 5.32 Å². The molecule has 5 heteroatoms. The van der Waals surface area contributed by atoms with Crippen molar-refractivity contribution in [3.63, 3.8) is 0 Å². The summed E-state index contributed by atoms with van der Waals surface area (Å²) in [5.74, 6) is 0. The Kier molecular flexibility index (Phi) is 5.09. The van der Waals surface area contributed by atoms with Gasteiger partial charge in [0.2, 0.25) is 0 Å². The first-order valence-electron chi connectivity index (χ1n) is 5.70. The third-order valence-electron chi connectivity index (χ3n) is 2.40. The third-order valence-corrected chi connectivity index (χ3v) is 2.40. The van der Waals surface area contributed by atoms with Crippen molar-refractivity contribution in [3.05, 3.63) is 35.9 Å². The van der Waals surface area contributed by atoms with Gasteiger partial charge in [-0.05, 0) is 19.4 Å². The first-order valence-corrected chi connectivity index (χ1v) is 5.70. The molecular formula is C13H18FNO3. The fourth-order valence-corrected chi connectivity index (χ4v) is 1.20. The summed E-state index contributed by atoms with van der Waals surface area (Å²) in [5, 5.41) is 11.6. The highest BCUT2D eigenvalue weighted by Gasteiger charge is 2.26. The molecule has 2 N–H and O–H groups in total. The largest absolute Gasteiger partial charge is 0.445 e. The number of benzene rings is 1. The number of nitrogens with one attached hydrogen (secondary N) is 1. The van der Waals surface area contributed by atoms with E-state index in [1.165, 1.54) is 13.8 Å². The number of amides is 1. The van der Waals surface area contributed by atoms with Crippen molar-refractivity contribution >= 4 is 6.09 Å². The summed E-state index contributed by atoms with van der Waals surface area (Å²) >= 11 is 0. The van der Waals surface area contributed by atoms with Crippen LogP contribution >= 0.6 is 0 Å². The predicted octanol–water partition coefficient (Wildman–Crippen LogP) is 2.02. The zero-order chi connectivity index (χ0) is 13.6. The summed E-state index contributed by atoms with van der Waals surface area (Å²) in [6, 6.07) is 9.18. The molecule has 4 nitrogen and oxygen atoms in total. The van der Waals surface area contributed by atoms with E-state index in [0.29, 0.717) is 0 Å². The molecule has 0 radical (unpaired) electrons. The van der Waals surface area contributed by atoms with Gasteiger partial charge in [-0.3, -0.25) is 0 Å². The summed E-state index contributed by atoms with van der Waals surface area (Å²) in [6.45, 7) is 2.53. The molecular weight excluding hydrogens is 237 g/mol. The Bertz CT molecular complexity index is 376.